The van der Waals surface area contributed by atoms with Crippen molar-refractivity contribution in [3.05, 3.63) is 12.7 Å². The van der Waals surface area contributed by atoms with Gasteiger partial charge in [0.05, 0.1) is 0 Å². The van der Waals surface area contributed by atoms with E-state index >= 15 is 0 Å². The molecule has 3 N–H and O–H groups in total. The maximum atomic E-state index is 9.69. The maximum absolute atomic E-state index is 9.69. The quantitative estimate of drug-likeness (QED) is 0.392. The molecule has 0 aromatic heterocycles. The van der Waals surface area contributed by atoms with E-state index in [0.717, 1.165) is 0 Å². The molecule has 3 nitrogen and oxygen atoms in total. The van der Waals surface area contributed by atoms with Gasteiger partial charge in [0, 0.05) is 0 Å². The number of carbonyl (C=O) groups is 1. The van der Waals surface area contributed by atoms with Gasteiger partial charge in [-0.2, -0.15) is 0 Å². The molecule has 0 aliphatic carbocycles. The van der Waals surface area contributed by atoms with Gasteiger partial charge in [-0.05, 0) is 6.08 Å². The normalized spacial score (nSPS) is 12.7. The summed E-state index contributed by atoms with van der Waals surface area (Å²) in [5.74, 6) is -1.19. The van der Waals surface area contributed by atoms with Crippen LogP contribution >= 0.6 is 0 Å². The summed E-state index contributed by atoms with van der Waals surface area (Å²) in [7, 11) is 0. The molecular weight excluding hydrogens is 94.0 g/mol. The second-order valence-electron chi connectivity index (χ2n) is 1.16. The average Bonchev–Trinajstić information content (AvgIpc) is 1.65. The SMILES string of the molecule is C=C[C@@H]([NH3+])C(=O)[O-]. The minimum Gasteiger partial charge on any atom is -0.544 e. The lowest BCUT2D eigenvalue weighted by atomic mass is 10.3. The van der Waals surface area contributed by atoms with E-state index in [0.29, 0.717) is 0 Å². The van der Waals surface area contributed by atoms with E-state index in [1.807, 2.05) is 0 Å². The fraction of sp³-hybridized carbons (Fsp3) is 0.250. The van der Waals surface area contributed by atoms with Crippen molar-refractivity contribution in [1.82, 2.24) is 0 Å². The largest absolute Gasteiger partial charge is 0.544 e. The number of hydrogen-bond donors (Lipinski definition) is 1. The zero-order chi connectivity index (χ0) is 5.86. The highest BCUT2D eigenvalue weighted by Gasteiger charge is 1.96. The summed E-state index contributed by atoms with van der Waals surface area (Å²) in [6.45, 7) is 3.20. The lowest BCUT2D eigenvalue weighted by molar-refractivity contribution is -0.423. The Morgan fingerprint density at radius 2 is 2.43 bits per heavy atom. The summed E-state index contributed by atoms with van der Waals surface area (Å²) in [4.78, 5) is 9.69. The summed E-state index contributed by atoms with van der Waals surface area (Å²) in [6.07, 6.45) is 1.22. The monoisotopic (exact) mass is 101 g/mol. The van der Waals surface area contributed by atoms with Crippen LogP contribution in [-0.4, -0.2) is 12.0 Å². The standard InChI is InChI=1S/C4H7NO2/c1-2-3(5)4(6)7/h2-3H,1,5H2,(H,6,7)/t3-/m1/s1. The van der Waals surface area contributed by atoms with Gasteiger partial charge in [0.25, 0.3) is 0 Å². The van der Waals surface area contributed by atoms with Crippen LogP contribution in [0.5, 0.6) is 0 Å². The number of carboxylic acids is 1. The molecule has 0 saturated heterocycles. The summed E-state index contributed by atoms with van der Waals surface area (Å²) in [6, 6.07) is -0.778. The van der Waals surface area contributed by atoms with E-state index in [1.54, 1.807) is 0 Å². The predicted octanol–water partition coefficient (Wildman–Crippen LogP) is -2.47. The molecule has 7 heavy (non-hydrogen) atoms. The molecule has 0 radical (unpaired) electrons. The number of aliphatic carboxylic acids is 1. The Kier molecular flexibility index (Phi) is 2.08. The minimum atomic E-state index is -1.19. The maximum Gasteiger partial charge on any atom is 0.143 e. The smallest absolute Gasteiger partial charge is 0.143 e. The van der Waals surface area contributed by atoms with Gasteiger partial charge in [-0.1, -0.05) is 6.58 Å². The van der Waals surface area contributed by atoms with E-state index in [-0.39, 0.29) is 0 Å². The van der Waals surface area contributed by atoms with Gasteiger partial charge in [-0.3, -0.25) is 0 Å². The molecule has 0 fully saturated rings. The zero-order valence-electron chi connectivity index (χ0n) is 3.89. The molecule has 0 heterocycles. The van der Waals surface area contributed by atoms with Crippen LogP contribution in [0.2, 0.25) is 0 Å². The predicted molar refractivity (Wildman–Crippen MR) is 21.9 cm³/mol. The number of quaternary nitrogens is 1. The first-order chi connectivity index (χ1) is 3.18. The van der Waals surface area contributed by atoms with Crippen molar-refractivity contribution < 1.29 is 15.6 Å². The van der Waals surface area contributed by atoms with E-state index in [1.165, 1.54) is 6.08 Å². The van der Waals surface area contributed by atoms with Crippen molar-refractivity contribution >= 4 is 5.97 Å². The van der Waals surface area contributed by atoms with Gasteiger partial charge in [0.15, 0.2) is 0 Å². The van der Waals surface area contributed by atoms with Crippen LogP contribution in [0.3, 0.4) is 0 Å². The third-order valence-electron chi connectivity index (χ3n) is 0.587. The van der Waals surface area contributed by atoms with Crippen molar-refractivity contribution in [2.24, 2.45) is 0 Å². The Labute approximate surface area is 41.4 Å². The molecule has 1 atom stereocenters. The molecule has 0 saturated carbocycles. The van der Waals surface area contributed by atoms with E-state index in [2.05, 4.69) is 12.3 Å². The number of hydrogen-bond acceptors (Lipinski definition) is 2. The van der Waals surface area contributed by atoms with Crippen LogP contribution in [-0.2, 0) is 4.79 Å². The summed E-state index contributed by atoms with van der Waals surface area (Å²) >= 11 is 0. The van der Waals surface area contributed by atoms with Crippen LogP contribution in [0.4, 0.5) is 0 Å². The number of rotatable bonds is 2. The lowest BCUT2D eigenvalue weighted by Gasteiger charge is -1.99. The van der Waals surface area contributed by atoms with Crippen molar-refractivity contribution in [1.29, 1.82) is 0 Å². The Balaban J connectivity index is 3.55. The van der Waals surface area contributed by atoms with E-state index < -0.39 is 12.0 Å². The molecule has 0 aliphatic heterocycles. The average molecular weight is 101 g/mol. The highest BCUT2D eigenvalue weighted by molar-refractivity contribution is 5.71. The van der Waals surface area contributed by atoms with E-state index in [9.17, 15) is 9.90 Å². The van der Waals surface area contributed by atoms with Crippen LogP contribution in [0.25, 0.3) is 0 Å². The molecule has 0 amide bonds. The first-order valence-corrected chi connectivity index (χ1v) is 1.85. The topological polar surface area (TPSA) is 67.8 Å². The molecule has 40 valence electrons. The van der Waals surface area contributed by atoms with Crippen molar-refractivity contribution in [2.75, 3.05) is 0 Å². The Morgan fingerprint density at radius 3 is 2.43 bits per heavy atom. The third kappa shape index (κ3) is 1.94. The number of carbonyl (C=O) groups excluding carboxylic acids is 1. The van der Waals surface area contributed by atoms with Gasteiger partial charge < -0.3 is 15.6 Å². The van der Waals surface area contributed by atoms with Gasteiger partial charge in [-0.15, -0.1) is 0 Å². The lowest BCUT2D eigenvalue weighted by Crippen LogP contribution is -2.67. The molecule has 0 aliphatic rings. The Morgan fingerprint density at radius 1 is 2.00 bits per heavy atom. The highest BCUT2D eigenvalue weighted by Crippen LogP contribution is 1.67. The number of carboxylic acid groups (broad SMARTS) is 1. The molecule has 0 aromatic rings. The highest BCUT2D eigenvalue weighted by atomic mass is 16.4. The Bertz CT molecular complexity index is 89.7. The molecule has 3 heteroatoms. The first-order valence-electron chi connectivity index (χ1n) is 1.85. The Hall–Kier alpha value is -0.830. The fourth-order valence-electron chi connectivity index (χ4n) is 0.0962. The summed E-state index contributed by atoms with van der Waals surface area (Å²) < 4.78 is 0. The van der Waals surface area contributed by atoms with Crippen LogP contribution in [0.1, 0.15) is 0 Å². The molecule has 0 rings (SSSR count). The molecule has 0 aromatic carbocycles. The van der Waals surface area contributed by atoms with Gasteiger partial charge in [0.2, 0.25) is 0 Å². The molecule has 0 spiro atoms. The first kappa shape index (κ1) is 6.17. The molecule has 0 bridgehead atoms. The van der Waals surface area contributed by atoms with E-state index in [4.69, 9.17) is 0 Å². The van der Waals surface area contributed by atoms with Crippen LogP contribution in [0, 0.1) is 0 Å². The van der Waals surface area contributed by atoms with Crippen LogP contribution < -0.4 is 10.8 Å². The minimum absolute atomic E-state index is 0.778. The summed E-state index contributed by atoms with van der Waals surface area (Å²) in [5, 5.41) is 9.69. The van der Waals surface area contributed by atoms with Gasteiger partial charge in [-0.25, -0.2) is 0 Å². The second-order valence-corrected chi connectivity index (χ2v) is 1.16. The van der Waals surface area contributed by atoms with Gasteiger partial charge in [0.1, 0.15) is 12.0 Å². The third-order valence-corrected chi connectivity index (χ3v) is 0.587. The van der Waals surface area contributed by atoms with Crippen molar-refractivity contribution in [3.63, 3.8) is 0 Å². The molecular formula is C4H7NO2. The van der Waals surface area contributed by atoms with Gasteiger partial charge >= 0.3 is 0 Å². The fourth-order valence-corrected chi connectivity index (χ4v) is 0.0962. The van der Waals surface area contributed by atoms with Crippen molar-refractivity contribution in [3.8, 4) is 0 Å². The van der Waals surface area contributed by atoms with Crippen LogP contribution in [0.15, 0.2) is 12.7 Å². The van der Waals surface area contributed by atoms with Crippen molar-refractivity contribution in [2.45, 2.75) is 6.04 Å². The second kappa shape index (κ2) is 2.36. The molecule has 0 unspecified atom stereocenters. The summed E-state index contributed by atoms with van der Waals surface area (Å²) in [5.41, 5.74) is 3.18. The zero-order valence-corrected chi connectivity index (χ0v) is 3.89.